The van der Waals surface area contributed by atoms with E-state index in [2.05, 4.69) is 28.6 Å². The van der Waals surface area contributed by atoms with Gasteiger partial charge in [0, 0.05) is 48.0 Å². The Labute approximate surface area is 211 Å². The molecule has 1 aromatic carbocycles. The van der Waals surface area contributed by atoms with E-state index in [4.69, 9.17) is 9.84 Å². The summed E-state index contributed by atoms with van der Waals surface area (Å²) in [6.45, 7) is 16.8. The zero-order chi connectivity index (χ0) is 27.0. The molecule has 0 fully saturated rings. The van der Waals surface area contributed by atoms with Gasteiger partial charge in [-0.1, -0.05) is 57.4 Å². The number of carboxylic acid groups (broad SMARTS) is 1. The number of carboxylic acids is 1. The van der Waals surface area contributed by atoms with Crippen molar-refractivity contribution in [3.05, 3.63) is 53.1 Å². The summed E-state index contributed by atoms with van der Waals surface area (Å²) in [5.41, 5.74) is 3.81. The maximum Gasteiger partial charge on any atom is 0.392 e. The standard InChI is InChI=1S/C18H22N2O3S.C4H5F3.2C2H6/c1-3-8-20-13(2)17(24-20)7-10-19-9-6-14-4-5-15(11-16(14)19)23-12-18(21)22;1-2-3-4(5,6)7;2*1-2/h3-5,8,11H,6-7,9-10,12H2,1-2H3,(H,21,22);2H,1,3H2;2*1-2H3/b8-3+;;;. The summed E-state index contributed by atoms with van der Waals surface area (Å²) in [4.78, 5) is 14.4. The van der Waals surface area contributed by atoms with Crippen molar-refractivity contribution in [3.8, 4) is 5.75 Å². The molecule has 0 aliphatic carbocycles. The highest BCUT2D eigenvalue weighted by molar-refractivity contribution is 7.08. The van der Waals surface area contributed by atoms with Crippen LogP contribution in [0.15, 0.2) is 36.9 Å². The lowest BCUT2D eigenvalue weighted by atomic mass is 10.1. The first-order valence-electron chi connectivity index (χ1n) is 11.8. The quantitative estimate of drug-likeness (QED) is 0.367. The first-order valence-corrected chi connectivity index (χ1v) is 12.6. The monoisotopic (exact) mass is 516 g/mol. The van der Waals surface area contributed by atoms with E-state index in [1.807, 2.05) is 58.9 Å². The molecule has 1 aliphatic heterocycles. The van der Waals surface area contributed by atoms with Crippen LogP contribution in [0.25, 0.3) is 6.20 Å². The molecule has 0 amide bonds. The maximum atomic E-state index is 11.0. The third kappa shape index (κ3) is 11.5. The average molecular weight is 517 g/mol. The summed E-state index contributed by atoms with van der Waals surface area (Å²) < 4.78 is 40.4. The van der Waals surface area contributed by atoms with Crippen LogP contribution in [-0.4, -0.2) is 40.9 Å². The molecule has 35 heavy (non-hydrogen) atoms. The third-order valence-corrected chi connectivity index (χ3v) is 5.93. The summed E-state index contributed by atoms with van der Waals surface area (Å²) in [5, 5.41) is 8.73. The number of alkyl halides is 3. The van der Waals surface area contributed by atoms with Gasteiger partial charge in [-0.2, -0.15) is 13.2 Å². The van der Waals surface area contributed by atoms with Crippen LogP contribution < -0.4 is 9.64 Å². The highest BCUT2D eigenvalue weighted by Gasteiger charge is 2.24. The van der Waals surface area contributed by atoms with Crippen molar-refractivity contribution in [2.24, 2.45) is 0 Å². The highest BCUT2D eigenvalue weighted by atomic mass is 32.1. The molecule has 0 radical (unpaired) electrons. The van der Waals surface area contributed by atoms with Crippen LogP contribution >= 0.6 is 11.5 Å². The molecule has 0 atom stereocenters. The minimum Gasteiger partial charge on any atom is -0.482 e. The lowest BCUT2D eigenvalue weighted by Gasteiger charge is -2.22. The lowest BCUT2D eigenvalue weighted by molar-refractivity contribution is -0.139. The summed E-state index contributed by atoms with van der Waals surface area (Å²) in [7, 11) is 0. The number of ether oxygens (including phenoxy) is 1. The van der Waals surface area contributed by atoms with Crippen molar-refractivity contribution >= 4 is 29.4 Å². The van der Waals surface area contributed by atoms with E-state index in [-0.39, 0.29) is 6.61 Å². The minimum absolute atomic E-state index is 0.303. The van der Waals surface area contributed by atoms with Gasteiger partial charge in [-0.05, 0) is 31.9 Å². The van der Waals surface area contributed by atoms with Crippen LogP contribution in [0, 0.1) is 6.92 Å². The van der Waals surface area contributed by atoms with Gasteiger partial charge < -0.3 is 14.7 Å². The molecule has 0 saturated carbocycles. The van der Waals surface area contributed by atoms with Gasteiger partial charge in [0.15, 0.2) is 6.61 Å². The Kier molecular flexibility index (Phi) is 15.6. The van der Waals surface area contributed by atoms with Crippen molar-refractivity contribution in [3.63, 3.8) is 0 Å². The molecule has 1 aromatic heterocycles. The second kappa shape index (κ2) is 16.9. The molecule has 2 aromatic rings. The van der Waals surface area contributed by atoms with E-state index in [1.165, 1.54) is 21.8 Å². The van der Waals surface area contributed by atoms with Crippen LogP contribution in [0.2, 0.25) is 0 Å². The number of allylic oxidation sites excluding steroid dienone is 2. The number of nitrogens with zero attached hydrogens (tertiary/aromatic N) is 2. The fourth-order valence-electron chi connectivity index (χ4n) is 3.13. The van der Waals surface area contributed by atoms with Crippen LogP contribution in [0.3, 0.4) is 0 Å². The van der Waals surface area contributed by atoms with Crippen LogP contribution in [0.4, 0.5) is 18.9 Å². The molecule has 0 unspecified atom stereocenters. The van der Waals surface area contributed by atoms with Gasteiger partial charge >= 0.3 is 12.1 Å². The van der Waals surface area contributed by atoms with E-state index in [0.29, 0.717) is 5.75 Å². The number of rotatable bonds is 8. The van der Waals surface area contributed by atoms with E-state index in [0.717, 1.165) is 32.0 Å². The minimum atomic E-state index is -4.07. The number of aliphatic carboxylic acids is 1. The topological polar surface area (TPSA) is 54.7 Å². The molecule has 1 N–H and O–H groups in total. The maximum absolute atomic E-state index is 11.0. The van der Waals surface area contributed by atoms with Crippen molar-refractivity contribution < 1.29 is 27.8 Å². The van der Waals surface area contributed by atoms with Crippen LogP contribution in [-0.2, 0) is 17.6 Å². The summed E-state index contributed by atoms with van der Waals surface area (Å²) >= 11 is 1.79. The molecular formula is C26H39F3N2O3S. The van der Waals surface area contributed by atoms with E-state index >= 15 is 0 Å². The van der Waals surface area contributed by atoms with Gasteiger partial charge in [-0.25, -0.2) is 4.79 Å². The molecule has 0 saturated heterocycles. The van der Waals surface area contributed by atoms with Crippen LogP contribution in [0.1, 0.15) is 57.2 Å². The van der Waals surface area contributed by atoms with E-state index in [1.54, 1.807) is 11.5 Å². The summed E-state index contributed by atoms with van der Waals surface area (Å²) in [6, 6.07) is 5.87. The van der Waals surface area contributed by atoms with Gasteiger partial charge in [-0.15, -0.1) is 6.58 Å². The van der Waals surface area contributed by atoms with Gasteiger partial charge in [-0.3, -0.25) is 3.96 Å². The zero-order valence-electron chi connectivity index (χ0n) is 21.6. The first-order chi connectivity index (χ1) is 16.6. The average Bonchev–Trinajstić information content (AvgIpc) is 3.23. The Morgan fingerprint density at radius 2 is 1.91 bits per heavy atom. The van der Waals surface area contributed by atoms with Crippen molar-refractivity contribution in [2.75, 3.05) is 24.6 Å². The number of carbonyl (C=O) groups is 1. The molecule has 1 aliphatic rings. The molecule has 5 nitrogen and oxygen atoms in total. The van der Waals surface area contributed by atoms with Gasteiger partial charge in [0.1, 0.15) is 5.75 Å². The fraction of sp³-hybridized carbons (Fsp3) is 0.500. The van der Waals surface area contributed by atoms with E-state index in [9.17, 15) is 18.0 Å². The predicted molar refractivity (Wildman–Crippen MR) is 141 cm³/mol. The van der Waals surface area contributed by atoms with Gasteiger partial charge in [0.05, 0.1) is 6.42 Å². The first kappa shape index (κ1) is 32.3. The Morgan fingerprint density at radius 3 is 2.40 bits per heavy atom. The summed E-state index contributed by atoms with van der Waals surface area (Å²) in [5.74, 6) is -0.335. The SMILES string of the molecule is C/C=C/n1sc(CCN2CCc3ccc(OCC(=O)O)cc32)c1C.C=CCC(F)(F)F.CC.CC. The fourth-order valence-corrected chi connectivity index (χ4v) is 4.08. The Balaban J connectivity index is 0.000000897. The number of hydrogen-bond acceptors (Lipinski definition) is 4. The number of anilines is 1. The van der Waals surface area contributed by atoms with E-state index < -0.39 is 18.6 Å². The highest BCUT2D eigenvalue weighted by Crippen LogP contribution is 2.32. The Hall–Kier alpha value is -2.68. The van der Waals surface area contributed by atoms with Gasteiger partial charge in [0.2, 0.25) is 0 Å². The molecule has 198 valence electrons. The van der Waals surface area contributed by atoms with Crippen molar-refractivity contribution in [1.29, 1.82) is 0 Å². The number of aromatic nitrogens is 1. The second-order valence-corrected chi connectivity index (χ2v) is 8.04. The largest absolute Gasteiger partial charge is 0.482 e. The number of halogens is 3. The van der Waals surface area contributed by atoms with Crippen LogP contribution in [0.5, 0.6) is 5.75 Å². The summed E-state index contributed by atoms with van der Waals surface area (Å²) in [6.07, 6.45) is 2.06. The third-order valence-electron chi connectivity index (χ3n) is 4.62. The molecule has 9 heteroatoms. The predicted octanol–water partition coefficient (Wildman–Crippen LogP) is 7.59. The molecule has 3 rings (SSSR count). The molecule has 2 heterocycles. The van der Waals surface area contributed by atoms with Crippen molar-refractivity contribution in [2.45, 2.75) is 67.0 Å². The molecule has 0 bridgehead atoms. The molecule has 0 spiro atoms. The smallest absolute Gasteiger partial charge is 0.392 e. The van der Waals surface area contributed by atoms with Gasteiger partial charge in [0.25, 0.3) is 0 Å². The number of fused-ring (bicyclic) bond motifs is 1. The number of benzene rings is 1. The molecular weight excluding hydrogens is 477 g/mol. The lowest BCUT2D eigenvalue weighted by Crippen LogP contribution is -2.24. The normalized spacial score (nSPS) is 12.0. The zero-order valence-corrected chi connectivity index (χ0v) is 22.4. The number of hydrogen-bond donors (Lipinski definition) is 1. The Morgan fingerprint density at radius 1 is 1.26 bits per heavy atom. The Bertz CT molecular complexity index is 918. The second-order valence-electron chi connectivity index (χ2n) is 6.98. The van der Waals surface area contributed by atoms with Crippen molar-refractivity contribution in [1.82, 2.24) is 3.96 Å².